The van der Waals surface area contributed by atoms with Gasteiger partial charge in [0.1, 0.15) is 11.5 Å². The van der Waals surface area contributed by atoms with E-state index in [1.165, 1.54) is 0 Å². The van der Waals surface area contributed by atoms with Crippen molar-refractivity contribution in [3.63, 3.8) is 0 Å². The van der Waals surface area contributed by atoms with Crippen LogP contribution in [0.2, 0.25) is 0 Å². The van der Waals surface area contributed by atoms with E-state index < -0.39 is 0 Å². The predicted octanol–water partition coefficient (Wildman–Crippen LogP) is 1.38. The molecule has 0 amide bonds. The van der Waals surface area contributed by atoms with Gasteiger partial charge in [-0.3, -0.25) is 0 Å². The number of ether oxygens (including phenoxy) is 1. The molecule has 1 aliphatic rings. The Morgan fingerprint density at radius 3 is 3.05 bits per heavy atom. The smallest absolute Gasteiger partial charge is 0.180 e. The van der Waals surface area contributed by atoms with Crippen LogP contribution < -0.4 is 5.32 Å². The Labute approximate surface area is 111 Å². The third kappa shape index (κ3) is 2.19. The third-order valence-corrected chi connectivity index (χ3v) is 3.21. The number of anilines is 1. The standard InChI is InChI=1S/C13H17N5O/c1-3-15-12-9-7-19-5-4-10(9)16-13(17-12)11-6-14-8-18(11)2/h6,8H,3-5,7H2,1-2H3,(H,15,16,17). The number of aryl methyl sites for hydroxylation is 1. The molecule has 6 nitrogen and oxygen atoms in total. The van der Waals surface area contributed by atoms with Crippen LogP contribution in [0.1, 0.15) is 18.2 Å². The Morgan fingerprint density at radius 1 is 1.42 bits per heavy atom. The maximum Gasteiger partial charge on any atom is 0.180 e. The zero-order valence-corrected chi connectivity index (χ0v) is 11.2. The van der Waals surface area contributed by atoms with Gasteiger partial charge in [-0.15, -0.1) is 0 Å². The summed E-state index contributed by atoms with van der Waals surface area (Å²) in [6.45, 7) is 4.19. The topological polar surface area (TPSA) is 64.9 Å². The molecule has 2 aromatic rings. The highest BCUT2D eigenvalue weighted by atomic mass is 16.5. The summed E-state index contributed by atoms with van der Waals surface area (Å²) in [5.74, 6) is 1.60. The van der Waals surface area contributed by atoms with Gasteiger partial charge in [0.15, 0.2) is 5.82 Å². The minimum absolute atomic E-state index is 0.587. The van der Waals surface area contributed by atoms with Crippen molar-refractivity contribution in [1.29, 1.82) is 0 Å². The molecule has 6 heteroatoms. The van der Waals surface area contributed by atoms with Gasteiger partial charge in [-0.05, 0) is 6.92 Å². The monoisotopic (exact) mass is 259 g/mol. The maximum absolute atomic E-state index is 5.50. The van der Waals surface area contributed by atoms with Crippen molar-refractivity contribution >= 4 is 5.82 Å². The van der Waals surface area contributed by atoms with Crippen LogP contribution in [-0.2, 0) is 24.8 Å². The molecule has 3 rings (SSSR count). The Balaban J connectivity index is 2.11. The highest BCUT2D eigenvalue weighted by molar-refractivity contribution is 5.56. The average molecular weight is 259 g/mol. The lowest BCUT2D eigenvalue weighted by molar-refractivity contribution is 0.109. The van der Waals surface area contributed by atoms with Crippen LogP contribution >= 0.6 is 0 Å². The van der Waals surface area contributed by atoms with Crippen molar-refractivity contribution in [1.82, 2.24) is 19.5 Å². The number of hydrogen-bond acceptors (Lipinski definition) is 5. The summed E-state index contributed by atoms with van der Waals surface area (Å²) in [7, 11) is 1.95. The first-order valence-electron chi connectivity index (χ1n) is 6.47. The molecular formula is C13H17N5O. The SMILES string of the molecule is CCNc1nc(-c2cncn2C)nc2c1COCC2. The normalized spacial score (nSPS) is 14.2. The van der Waals surface area contributed by atoms with Crippen molar-refractivity contribution in [3.05, 3.63) is 23.8 Å². The summed E-state index contributed by atoms with van der Waals surface area (Å²) >= 11 is 0. The largest absolute Gasteiger partial charge is 0.376 e. The molecule has 0 aliphatic carbocycles. The zero-order chi connectivity index (χ0) is 13.2. The van der Waals surface area contributed by atoms with Gasteiger partial charge >= 0.3 is 0 Å². The van der Waals surface area contributed by atoms with Crippen LogP contribution in [0.3, 0.4) is 0 Å². The van der Waals surface area contributed by atoms with Crippen molar-refractivity contribution in [2.24, 2.45) is 7.05 Å². The van der Waals surface area contributed by atoms with Gasteiger partial charge in [0.2, 0.25) is 0 Å². The lowest BCUT2D eigenvalue weighted by atomic mass is 10.1. The van der Waals surface area contributed by atoms with Crippen LogP contribution in [0, 0.1) is 0 Å². The number of rotatable bonds is 3. The van der Waals surface area contributed by atoms with E-state index in [9.17, 15) is 0 Å². The van der Waals surface area contributed by atoms with E-state index in [-0.39, 0.29) is 0 Å². The number of imidazole rings is 1. The van der Waals surface area contributed by atoms with Crippen molar-refractivity contribution in [2.75, 3.05) is 18.5 Å². The molecule has 0 saturated heterocycles. The Hall–Kier alpha value is -1.95. The number of nitrogens with zero attached hydrogens (tertiary/aromatic N) is 4. The van der Waals surface area contributed by atoms with E-state index >= 15 is 0 Å². The first-order chi connectivity index (χ1) is 9.29. The molecule has 0 radical (unpaired) electrons. The molecule has 0 aromatic carbocycles. The number of hydrogen-bond donors (Lipinski definition) is 1. The molecule has 0 saturated carbocycles. The zero-order valence-electron chi connectivity index (χ0n) is 11.2. The molecule has 0 atom stereocenters. The fourth-order valence-corrected chi connectivity index (χ4v) is 2.23. The highest BCUT2D eigenvalue weighted by Gasteiger charge is 2.19. The second kappa shape index (κ2) is 4.97. The second-order valence-electron chi connectivity index (χ2n) is 4.54. The maximum atomic E-state index is 5.50. The predicted molar refractivity (Wildman–Crippen MR) is 71.8 cm³/mol. The van der Waals surface area contributed by atoms with Crippen molar-refractivity contribution in [3.8, 4) is 11.5 Å². The van der Waals surface area contributed by atoms with E-state index in [4.69, 9.17) is 4.74 Å². The van der Waals surface area contributed by atoms with Gasteiger partial charge in [-0.1, -0.05) is 0 Å². The summed E-state index contributed by atoms with van der Waals surface area (Å²) < 4.78 is 7.43. The van der Waals surface area contributed by atoms with Gasteiger partial charge in [0, 0.05) is 25.6 Å². The molecule has 0 spiro atoms. The van der Waals surface area contributed by atoms with Gasteiger partial charge in [-0.2, -0.15) is 0 Å². The Kier molecular flexibility index (Phi) is 3.16. The third-order valence-electron chi connectivity index (χ3n) is 3.21. The fraction of sp³-hybridized carbons (Fsp3) is 0.462. The molecule has 100 valence electrons. The van der Waals surface area contributed by atoms with Crippen molar-refractivity contribution < 1.29 is 4.74 Å². The number of aromatic nitrogens is 4. The molecule has 19 heavy (non-hydrogen) atoms. The molecule has 0 unspecified atom stereocenters. The fourth-order valence-electron chi connectivity index (χ4n) is 2.23. The molecule has 0 bridgehead atoms. The number of nitrogens with one attached hydrogen (secondary N) is 1. The summed E-state index contributed by atoms with van der Waals surface area (Å²) in [5, 5.41) is 3.30. The van der Waals surface area contributed by atoms with Gasteiger partial charge < -0.3 is 14.6 Å². The van der Waals surface area contributed by atoms with Gasteiger partial charge in [-0.25, -0.2) is 15.0 Å². The lowest BCUT2D eigenvalue weighted by Crippen LogP contribution is -2.17. The lowest BCUT2D eigenvalue weighted by Gasteiger charge is -2.19. The molecular weight excluding hydrogens is 242 g/mol. The minimum Gasteiger partial charge on any atom is -0.376 e. The Morgan fingerprint density at radius 2 is 2.32 bits per heavy atom. The van der Waals surface area contributed by atoms with Crippen LogP contribution in [-0.4, -0.2) is 32.7 Å². The van der Waals surface area contributed by atoms with Crippen LogP contribution in [0.15, 0.2) is 12.5 Å². The van der Waals surface area contributed by atoms with Crippen LogP contribution in [0.4, 0.5) is 5.82 Å². The second-order valence-corrected chi connectivity index (χ2v) is 4.54. The van der Waals surface area contributed by atoms with Gasteiger partial charge in [0.05, 0.1) is 31.4 Å². The number of fused-ring (bicyclic) bond motifs is 1. The van der Waals surface area contributed by atoms with Crippen molar-refractivity contribution in [2.45, 2.75) is 20.0 Å². The summed E-state index contributed by atoms with van der Waals surface area (Å²) in [5.41, 5.74) is 3.08. The average Bonchev–Trinajstić information content (AvgIpc) is 2.85. The van der Waals surface area contributed by atoms with Crippen LogP contribution in [0.5, 0.6) is 0 Å². The van der Waals surface area contributed by atoms with E-state index in [1.807, 2.05) is 11.6 Å². The molecule has 1 N–H and O–H groups in total. The molecule has 0 fully saturated rings. The summed E-state index contributed by atoms with van der Waals surface area (Å²) in [6, 6.07) is 0. The minimum atomic E-state index is 0.587. The first kappa shape index (κ1) is 12.1. The quantitative estimate of drug-likeness (QED) is 0.902. The molecule has 2 aromatic heterocycles. The Bertz CT molecular complexity index is 593. The summed E-state index contributed by atoms with van der Waals surface area (Å²) in [6.07, 6.45) is 4.38. The van der Waals surface area contributed by atoms with Gasteiger partial charge in [0.25, 0.3) is 0 Å². The van der Waals surface area contributed by atoms with E-state index in [2.05, 4.69) is 27.2 Å². The first-order valence-corrected chi connectivity index (χ1v) is 6.47. The van der Waals surface area contributed by atoms with E-state index in [1.54, 1.807) is 12.5 Å². The van der Waals surface area contributed by atoms with E-state index in [0.29, 0.717) is 6.61 Å². The van der Waals surface area contributed by atoms with E-state index in [0.717, 1.165) is 48.2 Å². The molecule has 3 heterocycles. The molecule has 1 aliphatic heterocycles. The summed E-state index contributed by atoms with van der Waals surface area (Å²) in [4.78, 5) is 13.4. The highest BCUT2D eigenvalue weighted by Crippen LogP contribution is 2.25. The van der Waals surface area contributed by atoms with Crippen LogP contribution in [0.25, 0.3) is 11.5 Å².